The third-order valence-electron chi connectivity index (χ3n) is 4.99. The summed E-state index contributed by atoms with van der Waals surface area (Å²) >= 11 is 9.22. The predicted octanol–water partition coefficient (Wildman–Crippen LogP) is 6.31. The zero-order valence-corrected chi connectivity index (χ0v) is 20.3. The van der Waals surface area contributed by atoms with Gasteiger partial charge in [-0.25, -0.2) is 4.79 Å². The Labute approximate surface area is 208 Å². The molecule has 4 rings (SSSR count). The second-order valence-electron chi connectivity index (χ2n) is 7.24. The summed E-state index contributed by atoms with van der Waals surface area (Å²) in [5.41, 5.74) is 0.863. The van der Waals surface area contributed by atoms with Crippen LogP contribution < -0.4 is 10.2 Å². The van der Waals surface area contributed by atoms with Crippen molar-refractivity contribution in [2.75, 3.05) is 13.2 Å². The number of rotatable bonds is 7. The van der Waals surface area contributed by atoms with Crippen LogP contribution in [0.25, 0.3) is 22.1 Å². The number of carbonyl (C=O) groups is 2. The highest BCUT2D eigenvalue weighted by molar-refractivity contribution is 9.10. The Morgan fingerprint density at radius 3 is 2.38 bits per heavy atom. The fourth-order valence-electron chi connectivity index (χ4n) is 3.35. The van der Waals surface area contributed by atoms with Crippen molar-refractivity contribution < 1.29 is 23.5 Å². The smallest absolute Gasteiger partial charge is 0.375 e. The molecular weight excluding hydrogens is 524 g/mol. The van der Waals surface area contributed by atoms with E-state index in [0.29, 0.717) is 21.9 Å². The average molecular weight is 542 g/mol. The third kappa shape index (κ3) is 5.05. The molecule has 0 radical (unpaired) electrons. The normalized spacial score (nSPS) is 10.8. The predicted molar refractivity (Wildman–Crippen MR) is 133 cm³/mol. The third-order valence-corrected chi connectivity index (χ3v) is 5.77. The number of halogens is 2. The van der Waals surface area contributed by atoms with E-state index in [4.69, 9.17) is 25.5 Å². The zero-order chi connectivity index (χ0) is 24.2. The van der Waals surface area contributed by atoms with Crippen molar-refractivity contribution in [1.82, 2.24) is 0 Å². The summed E-state index contributed by atoms with van der Waals surface area (Å²) in [4.78, 5) is 38.4. The lowest BCUT2D eigenvalue weighted by Crippen LogP contribution is -2.15. The lowest BCUT2D eigenvalue weighted by molar-refractivity contribution is 0.0492. The second kappa shape index (κ2) is 10.2. The molecule has 0 saturated heterocycles. The molecule has 0 atom stereocenters. The lowest BCUT2D eigenvalue weighted by Gasteiger charge is -2.11. The van der Waals surface area contributed by atoms with Gasteiger partial charge < -0.3 is 13.9 Å². The maximum absolute atomic E-state index is 13.3. The largest absolute Gasteiger partial charge is 0.485 e. The molecule has 1 aromatic heterocycles. The number of hydrogen-bond acceptors (Lipinski definition) is 6. The number of Topliss-reactive ketones (excluding diaryl/α,β-unsaturated/α-hetero) is 1. The minimum Gasteiger partial charge on any atom is -0.485 e. The second-order valence-corrected chi connectivity index (χ2v) is 8.59. The standard InChI is InChI=1S/C26H18BrClO6/c1-2-32-26(31)25-23(16-3-7-17(27)8-4-16)24(30)20-12-11-19(13-22(20)34-25)33-14-21(29)15-5-9-18(28)10-6-15/h3-13H,2,14H2,1H3. The highest BCUT2D eigenvalue weighted by atomic mass is 79.9. The van der Waals surface area contributed by atoms with Crippen molar-refractivity contribution >= 4 is 50.3 Å². The summed E-state index contributed by atoms with van der Waals surface area (Å²) in [6.45, 7) is 1.56. The van der Waals surface area contributed by atoms with Crippen molar-refractivity contribution in [2.24, 2.45) is 0 Å². The molecule has 0 saturated carbocycles. The van der Waals surface area contributed by atoms with Crippen LogP contribution in [0.15, 0.2) is 80.4 Å². The highest BCUT2D eigenvalue weighted by Crippen LogP contribution is 2.28. The lowest BCUT2D eigenvalue weighted by atomic mass is 10.0. The molecule has 0 unspecified atom stereocenters. The molecule has 34 heavy (non-hydrogen) atoms. The van der Waals surface area contributed by atoms with Crippen LogP contribution in [0.5, 0.6) is 5.75 Å². The SMILES string of the molecule is CCOC(=O)c1oc2cc(OCC(=O)c3ccc(Cl)cc3)ccc2c(=O)c1-c1ccc(Br)cc1. The van der Waals surface area contributed by atoms with E-state index in [-0.39, 0.29) is 46.7 Å². The van der Waals surface area contributed by atoms with Gasteiger partial charge in [0.2, 0.25) is 11.2 Å². The van der Waals surface area contributed by atoms with Crippen molar-refractivity contribution in [2.45, 2.75) is 6.92 Å². The van der Waals surface area contributed by atoms with Crippen molar-refractivity contribution in [3.8, 4) is 16.9 Å². The molecule has 0 amide bonds. The van der Waals surface area contributed by atoms with Crippen LogP contribution in [0.4, 0.5) is 0 Å². The van der Waals surface area contributed by atoms with Gasteiger partial charge in [0.25, 0.3) is 0 Å². The number of carbonyl (C=O) groups excluding carboxylic acids is 2. The Morgan fingerprint density at radius 1 is 1.00 bits per heavy atom. The summed E-state index contributed by atoms with van der Waals surface area (Å²) in [6, 6.07) is 18.0. The molecule has 172 valence electrons. The van der Waals surface area contributed by atoms with Gasteiger partial charge in [0.1, 0.15) is 11.3 Å². The van der Waals surface area contributed by atoms with Crippen LogP contribution in [-0.4, -0.2) is 25.0 Å². The van der Waals surface area contributed by atoms with E-state index in [1.54, 1.807) is 67.6 Å². The maximum atomic E-state index is 13.3. The van der Waals surface area contributed by atoms with E-state index < -0.39 is 5.97 Å². The van der Waals surface area contributed by atoms with Crippen molar-refractivity contribution in [1.29, 1.82) is 0 Å². The van der Waals surface area contributed by atoms with Crippen LogP contribution in [0, 0.1) is 0 Å². The molecule has 8 heteroatoms. The summed E-state index contributed by atoms with van der Waals surface area (Å²) in [7, 11) is 0. The molecule has 3 aromatic carbocycles. The van der Waals surface area contributed by atoms with Crippen molar-refractivity contribution in [3.63, 3.8) is 0 Å². The molecule has 0 bridgehead atoms. The fraction of sp³-hybridized carbons (Fsp3) is 0.115. The van der Waals surface area contributed by atoms with Crippen LogP contribution in [0.1, 0.15) is 27.8 Å². The minimum absolute atomic E-state index is 0.116. The summed E-state index contributed by atoms with van der Waals surface area (Å²) in [5, 5.41) is 0.796. The Kier molecular flexibility index (Phi) is 7.14. The van der Waals surface area contributed by atoms with Crippen LogP contribution >= 0.6 is 27.5 Å². The first-order valence-corrected chi connectivity index (χ1v) is 11.5. The molecule has 0 spiro atoms. The van der Waals surface area contributed by atoms with Gasteiger partial charge in [0.05, 0.1) is 17.6 Å². The molecule has 1 heterocycles. The first-order valence-electron chi connectivity index (χ1n) is 10.3. The van der Waals surface area contributed by atoms with Gasteiger partial charge in [-0.05, 0) is 61.0 Å². The summed E-state index contributed by atoms with van der Waals surface area (Å²) in [6.07, 6.45) is 0. The Morgan fingerprint density at radius 2 is 1.71 bits per heavy atom. The Balaban J connectivity index is 1.71. The van der Waals surface area contributed by atoms with E-state index in [2.05, 4.69) is 15.9 Å². The van der Waals surface area contributed by atoms with Gasteiger partial charge in [-0.1, -0.05) is 39.7 Å². The van der Waals surface area contributed by atoms with Gasteiger partial charge in [0.15, 0.2) is 12.4 Å². The number of ether oxygens (including phenoxy) is 2. The van der Waals surface area contributed by atoms with Gasteiger partial charge in [0, 0.05) is 21.1 Å². The van der Waals surface area contributed by atoms with E-state index in [9.17, 15) is 14.4 Å². The first kappa shape index (κ1) is 23.7. The monoisotopic (exact) mass is 540 g/mol. The molecule has 0 fully saturated rings. The number of esters is 1. The quantitative estimate of drug-likeness (QED) is 0.201. The number of benzene rings is 3. The van der Waals surface area contributed by atoms with Gasteiger partial charge >= 0.3 is 5.97 Å². The Bertz CT molecular complexity index is 1430. The summed E-state index contributed by atoms with van der Waals surface area (Å²) in [5.74, 6) is -0.875. The molecule has 0 aliphatic heterocycles. The first-order chi connectivity index (χ1) is 16.4. The summed E-state index contributed by atoms with van der Waals surface area (Å²) < 4.78 is 17.4. The highest BCUT2D eigenvalue weighted by Gasteiger charge is 2.23. The van der Waals surface area contributed by atoms with Crippen LogP contribution in [-0.2, 0) is 4.74 Å². The Hall–Kier alpha value is -3.42. The van der Waals surface area contributed by atoms with Crippen LogP contribution in [0.3, 0.4) is 0 Å². The van der Waals surface area contributed by atoms with Crippen molar-refractivity contribution in [3.05, 3.63) is 97.8 Å². The molecule has 4 aromatic rings. The molecule has 0 N–H and O–H groups in total. The molecule has 0 aliphatic carbocycles. The van der Waals surface area contributed by atoms with E-state index in [1.165, 1.54) is 6.07 Å². The maximum Gasteiger partial charge on any atom is 0.375 e. The molecule has 0 aliphatic rings. The van der Waals surface area contributed by atoms with Gasteiger partial charge in [-0.15, -0.1) is 0 Å². The average Bonchev–Trinajstić information content (AvgIpc) is 2.83. The van der Waals surface area contributed by atoms with E-state index >= 15 is 0 Å². The number of hydrogen-bond donors (Lipinski definition) is 0. The number of ketones is 1. The minimum atomic E-state index is -0.747. The topological polar surface area (TPSA) is 82.8 Å². The van der Waals surface area contributed by atoms with Gasteiger partial charge in [-0.2, -0.15) is 0 Å². The van der Waals surface area contributed by atoms with Crippen LogP contribution in [0.2, 0.25) is 5.02 Å². The van der Waals surface area contributed by atoms with Gasteiger partial charge in [-0.3, -0.25) is 9.59 Å². The molecular formula is C26H18BrClO6. The fourth-order valence-corrected chi connectivity index (χ4v) is 3.74. The zero-order valence-electron chi connectivity index (χ0n) is 18.0. The molecule has 6 nitrogen and oxygen atoms in total. The number of fused-ring (bicyclic) bond motifs is 1. The van der Waals surface area contributed by atoms with E-state index in [0.717, 1.165) is 4.47 Å². The van der Waals surface area contributed by atoms with E-state index in [1.807, 2.05) is 0 Å².